The standard InChI is InChI=1S/C13H16BrFN6O3S/c1-25(2,23)17-6-5-16-12-11(20-24-21-12)13(19-22)18-8-3-4-10(15)9(14)7-8/h3-4,7,22H,5-6H2,1-2H3,(H,16,21)(H,18,19). The summed E-state index contributed by atoms with van der Waals surface area (Å²) in [7, 11) is -2.18. The minimum absolute atomic E-state index is 0.0472. The van der Waals surface area contributed by atoms with Crippen LogP contribution in [0.5, 0.6) is 0 Å². The first-order chi connectivity index (χ1) is 11.8. The molecule has 1 aromatic heterocycles. The van der Waals surface area contributed by atoms with Crippen LogP contribution in [0.1, 0.15) is 5.69 Å². The van der Waals surface area contributed by atoms with E-state index in [1.807, 2.05) is 0 Å². The first-order valence-electron chi connectivity index (χ1n) is 6.94. The monoisotopic (exact) mass is 434 g/mol. The van der Waals surface area contributed by atoms with E-state index < -0.39 is 15.5 Å². The molecule has 0 fully saturated rings. The number of halogens is 2. The van der Waals surface area contributed by atoms with Gasteiger partial charge in [-0.05, 0) is 44.4 Å². The topological polar surface area (TPSA) is 125 Å². The van der Waals surface area contributed by atoms with Crippen LogP contribution in [0.2, 0.25) is 0 Å². The van der Waals surface area contributed by atoms with Crippen molar-refractivity contribution >= 4 is 43.0 Å². The molecule has 0 saturated carbocycles. The number of nitrogens with zero attached hydrogens (tertiary/aromatic N) is 4. The minimum atomic E-state index is -2.18. The zero-order valence-electron chi connectivity index (χ0n) is 13.4. The molecule has 136 valence electrons. The molecule has 0 spiro atoms. The molecule has 3 N–H and O–H groups in total. The van der Waals surface area contributed by atoms with Crippen LogP contribution in [0.15, 0.2) is 36.8 Å². The highest BCUT2D eigenvalue weighted by molar-refractivity contribution is 9.10. The Morgan fingerprint density at radius 2 is 2.20 bits per heavy atom. The predicted octanol–water partition coefficient (Wildman–Crippen LogP) is 2.36. The quantitative estimate of drug-likeness (QED) is 0.209. The van der Waals surface area contributed by atoms with Crippen LogP contribution in [0.3, 0.4) is 0 Å². The maximum Gasteiger partial charge on any atom is 0.203 e. The highest BCUT2D eigenvalue weighted by Gasteiger charge is 2.17. The van der Waals surface area contributed by atoms with Gasteiger partial charge >= 0.3 is 0 Å². The average molecular weight is 435 g/mol. The summed E-state index contributed by atoms with van der Waals surface area (Å²) in [5.41, 5.74) is 0.582. The van der Waals surface area contributed by atoms with E-state index in [2.05, 4.69) is 51.0 Å². The van der Waals surface area contributed by atoms with E-state index in [0.29, 0.717) is 18.8 Å². The molecule has 0 bridgehead atoms. The van der Waals surface area contributed by atoms with Crippen molar-refractivity contribution in [2.45, 2.75) is 0 Å². The van der Waals surface area contributed by atoms with Crippen molar-refractivity contribution in [2.24, 2.45) is 9.52 Å². The third kappa shape index (κ3) is 5.67. The van der Waals surface area contributed by atoms with Crippen molar-refractivity contribution in [3.8, 4) is 0 Å². The van der Waals surface area contributed by atoms with Gasteiger partial charge < -0.3 is 15.8 Å². The number of nitrogens with one attached hydrogen (secondary N) is 2. The largest absolute Gasteiger partial charge is 0.409 e. The van der Waals surface area contributed by atoms with Gasteiger partial charge in [-0.3, -0.25) is 4.21 Å². The summed E-state index contributed by atoms with van der Waals surface area (Å²) in [6.07, 6.45) is 3.08. The van der Waals surface area contributed by atoms with Crippen molar-refractivity contribution in [3.63, 3.8) is 0 Å². The van der Waals surface area contributed by atoms with Crippen LogP contribution in [0, 0.1) is 5.82 Å². The fourth-order valence-electron chi connectivity index (χ4n) is 1.74. The molecule has 0 unspecified atom stereocenters. The Morgan fingerprint density at radius 1 is 1.44 bits per heavy atom. The van der Waals surface area contributed by atoms with Gasteiger partial charge in [-0.1, -0.05) is 5.16 Å². The van der Waals surface area contributed by atoms with Crippen LogP contribution in [-0.2, 0) is 9.73 Å². The van der Waals surface area contributed by atoms with Gasteiger partial charge in [-0.25, -0.2) is 13.4 Å². The van der Waals surface area contributed by atoms with Crippen molar-refractivity contribution in [1.29, 1.82) is 0 Å². The first-order valence-corrected chi connectivity index (χ1v) is 10.1. The molecule has 0 saturated heterocycles. The van der Waals surface area contributed by atoms with Crippen LogP contribution < -0.4 is 10.6 Å². The molecular formula is C13H16BrFN6O3S. The molecule has 1 aromatic carbocycles. The summed E-state index contributed by atoms with van der Waals surface area (Å²) in [5, 5.41) is 25.4. The molecule has 9 nitrogen and oxygen atoms in total. The SMILES string of the molecule is CS(C)(=O)=NCCNc1nonc1C(=NO)Nc1ccc(F)c(Br)c1. The number of hydrogen-bond donors (Lipinski definition) is 3. The number of oxime groups is 1. The van der Waals surface area contributed by atoms with Gasteiger partial charge in [0.1, 0.15) is 5.82 Å². The molecule has 0 atom stereocenters. The second-order valence-corrected chi connectivity index (χ2v) is 8.60. The number of amidine groups is 1. The van der Waals surface area contributed by atoms with Crippen molar-refractivity contribution in [1.82, 2.24) is 10.3 Å². The Kier molecular flexibility index (Phi) is 6.31. The first kappa shape index (κ1) is 19.1. The Morgan fingerprint density at radius 3 is 2.84 bits per heavy atom. The fourth-order valence-corrected chi connectivity index (χ4v) is 2.65. The number of hydrogen-bond acceptors (Lipinski definition) is 8. The van der Waals surface area contributed by atoms with E-state index in [9.17, 15) is 13.8 Å². The zero-order chi connectivity index (χ0) is 18.4. The second-order valence-electron chi connectivity index (χ2n) is 5.12. The summed E-state index contributed by atoms with van der Waals surface area (Å²) < 4.78 is 33.7. The van der Waals surface area contributed by atoms with Crippen molar-refractivity contribution < 1.29 is 18.4 Å². The van der Waals surface area contributed by atoms with Gasteiger partial charge in [0.2, 0.25) is 11.7 Å². The summed E-state index contributed by atoms with van der Waals surface area (Å²) in [6, 6.07) is 4.18. The minimum Gasteiger partial charge on any atom is -0.409 e. The number of benzene rings is 1. The van der Waals surface area contributed by atoms with Gasteiger partial charge in [0.25, 0.3) is 0 Å². The summed E-state index contributed by atoms with van der Waals surface area (Å²) in [6.45, 7) is 0.628. The Balaban J connectivity index is 2.10. The van der Waals surface area contributed by atoms with Crippen LogP contribution in [0.4, 0.5) is 15.9 Å². The Labute approximate surface area is 152 Å². The molecule has 0 radical (unpaired) electrons. The molecule has 25 heavy (non-hydrogen) atoms. The molecule has 12 heteroatoms. The van der Waals surface area contributed by atoms with Gasteiger partial charge in [-0.15, -0.1) is 0 Å². The maximum absolute atomic E-state index is 13.3. The molecule has 0 aliphatic heterocycles. The van der Waals surface area contributed by atoms with E-state index >= 15 is 0 Å². The van der Waals surface area contributed by atoms with Crippen molar-refractivity contribution in [2.75, 3.05) is 36.2 Å². The fraction of sp³-hybridized carbons (Fsp3) is 0.308. The van der Waals surface area contributed by atoms with Crippen LogP contribution in [0.25, 0.3) is 0 Å². The highest BCUT2D eigenvalue weighted by Crippen LogP contribution is 2.21. The summed E-state index contributed by atoms with van der Waals surface area (Å²) >= 11 is 3.07. The normalized spacial score (nSPS) is 12.1. The molecule has 1 heterocycles. The van der Waals surface area contributed by atoms with Gasteiger partial charge in [-0.2, -0.15) is 0 Å². The lowest BCUT2D eigenvalue weighted by Gasteiger charge is -2.08. The van der Waals surface area contributed by atoms with Crippen LogP contribution in [-0.4, -0.2) is 51.2 Å². The van der Waals surface area contributed by atoms with Gasteiger partial charge in [0.15, 0.2) is 5.69 Å². The van der Waals surface area contributed by atoms with Crippen molar-refractivity contribution in [3.05, 3.63) is 34.2 Å². The maximum atomic E-state index is 13.3. The number of rotatable bonds is 6. The second kappa shape index (κ2) is 8.25. The van der Waals surface area contributed by atoms with E-state index in [1.165, 1.54) is 30.7 Å². The lowest BCUT2D eigenvalue weighted by molar-refractivity contribution is 0.305. The van der Waals surface area contributed by atoms with E-state index in [0.717, 1.165) is 0 Å². The molecular weight excluding hydrogens is 419 g/mol. The average Bonchev–Trinajstić information content (AvgIpc) is 3.00. The third-order valence-corrected chi connectivity index (χ3v) is 4.21. The summed E-state index contributed by atoms with van der Waals surface area (Å²) in [5.74, 6) is -0.255. The number of anilines is 2. The molecule has 0 aliphatic rings. The van der Waals surface area contributed by atoms with E-state index in [-0.39, 0.29) is 21.8 Å². The molecule has 2 rings (SSSR count). The third-order valence-electron chi connectivity index (χ3n) is 2.80. The Hall–Kier alpha value is -2.21. The predicted molar refractivity (Wildman–Crippen MR) is 96.1 cm³/mol. The lowest BCUT2D eigenvalue weighted by Crippen LogP contribution is -2.17. The smallest absolute Gasteiger partial charge is 0.203 e. The zero-order valence-corrected chi connectivity index (χ0v) is 15.8. The Bertz CT molecular complexity index is 886. The molecule has 0 aliphatic carbocycles. The number of aromatic nitrogens is 2. The van der Waals surface area contributed by atoms with Gasteiger partial charge in [0, 0.05) is 34.5 Å². The van der Waals surface area contributed by atoms with E-state index in [4.69, 9.17) is 0 Å². The van der Waals surface area contributed by atoms with E-state index in [1.54, 1.807) is 0 Å². The summed E-state index contributed by atoms with van der Waals surface area (Å²) in [4.78, 5) is 0. The molecule has 2 aromatic rings. The lowest BCUT2D eigenvalue weighted by atomic mass is 10.3. The highest BCUT2D eigenvalue weighted by atomic mass is 79.9. The van der Waals surface area contributed by atoms with Crippen LogP contribution >= 0.6 is 15.9 Å². The van der Waals surface area contributed by atoms with Gasteiger partial charge in [0.05, 0.1) is 11.0 Å². The molecule has 0 amide bonds.